The summed E-state index contributed by atoms with van der Waals surface area (Å²) in [6.45, 7) is 2.59. The van der Waals surface area contributed by atoms with Gasteiger partial charge in [-0.25, -0.2) is 0 Å². The normalized spacial score (nSPS) is 18.6. The summed E-state index contributed by atoms with van der Waals surface area (Å²) in [4.78, 5) is 14.1. The summed E-state index contributed by atoms with van der Waals surface area (Å²) in [5, 5.41) is 9.13. The number of aliphatic hydroxyl groups excluding tert-OH is 1. The van der Waals surface area contributed by atoms with E-state index >= 15 is 0 Å². The Morgan fingerprint density at radius 1 is 1.39 bits per heavy atom. The molecule has 3 N–H and O–H groups in total. The molecule has 0 aromatic heterocycles. The van der Waals surface area contributed by atoms with Crippen LogP contribution in [0.4, 0.5) is 0 Å². The molecule has 106 valence electrons. The molecule has 0 aliphatic heterocycles. The molecule has 1 aliphatic rings. The first-order valence-electron chi connectivity index (χ1n) is 7.35. The molecule has 0 aromatic carbocycles. The number of aliphatic hydroxyl groups is 1. The van der Waals surface area contributed by atoms with Crippen LogP contribution in [-0.2, 0) is 4.79 Å². The molecule has 0 bridgehead atoms. The number of nitrogens with two attached hydrogens (primary N) is 1. The Labute approximate surface area is 111 Å². The fraction of sp³-hybridized carbons (Fsp3) is 0.929. The van der Waals surface area contributed by atoms with E-state index in [0.29, 0.717) is 19.0 Å². The number of carbonyl (C=O) groups is 1. The lowest BCUT2D eigenvalue weighted by atomic mass is 9.93. The zero-order valence-corrected chi connectivity index (χ0v) is 11.6. The van der Waals surface area contributed by atoms with Crippen LogP contribution in [0.15, 0.2) is 0 Å². The minimum atomic E-state index is -0.0349. The standard InChI is InChI=1S/C14H28N2O2/c1-2-6-12(15)11-14(18)16(9-10-17)13-7-4-3-5-8-13/h12-13,17H,2-11,15H2,1H3. The lowest BCUT2D eigenvalue weighted by Crippen LogP contribution is -2.45. The van der Waals surface area contributed by atoms with Crippen molar-refractivity contribution in [2.45, 2.75) is 70.4 Å². The SMILES string of the molecule is CCCC(N)CC(=O)N(CCO)C1CCCCC1. The van der Waals surface area contributed by atoms with E-state index in [4.69, 9.17) is 10.8 Å². The van der Waals surface area contributed by atoms with Gasteiger partial charge in [0.25, 0.3) is 0 Å². The topological polar surface area (TPSA) is 66.6 Å². The molecule has 1 unspecified atom stereocenters. The minimum absolute atomic E-state index is 0.0349. The van der Waals surface area contributed by atoms with E-state index in [1.807, 2.05) is 4.90 Å². The molecule has 18 heavy (non-hydrogen) atoms. The molecule has 0 spiro atoms. The van der Waals surface area contributed by atoms with E-state index in [1.165, 1.54) is 19.3 Å². The molecule has 4 nitrogen and oxygen atoms in total. The lowest BCUT2D eigenvalue weighted by molar-refractivity contribution is -0.135. The first-order chi connectivity index (χ1) is 8.69. The van der Waals surface area contributed by atoms with Gasteiger partial charge >= 0.3 is 0 Å². The second-order valence-corrected chi connectivity index (χ2v) is 5.36. The summed E-state index contributed by atoms with van der Waals surface area (Å²) >= 11 is 0. The van der Waals surface area contributed by atoms with Crippen LogP contribution in [0.1, 0.15) is 58.3 Å². The minimum Gasteiger partial charge on any atom is -0.395 e. The van der Waals surface area contributed by atoms with Gasteiger partial charge < -0.3 is 15.7 Å². The summed E-state index contributed by atoms with van der Waals surface area (Å²) in [5.74, 6) is 0.122. The van der Waals surface area contributed by atoms with E-state index in [0.717, 1.165) is 25.7 Å². The van der Waals surface area contributed by atoms with Crippen molar-refractivity contribution in [3.05, 3.63) is 0 Å². The van der Waals surface area contributed by atoms with Gasteiger partial charge in [0.1, 0.15) is 0 Å². The lowest BCUT2D eigenvalue weighted by Gasteiger charge is -2.34. The van der Waals surface area contributed by atoms with Gasteiger partial charge in [0.15, 0.2) is 0 Å². The third kappa shape index (κ3) is 4.94. The highest BCUT2D eigenvalue weighted by Gasteiger charge is 2.25. The first-order valence-corrected chi connectivity index (χ1v) is 7.35. The van der Waals surface area contributed by atoms with Gasteiger partial charge in [-0.05, 0) is 19.3 Å². The monoisotopic (exact) mass is 256 g/mol. The van der Waals surface area contributed by atoms with Gasteiger partial charge in [-0.15, -0.1) is 0 Å². The fourth-order valence-electron chi connectivity index (χ4n) is 2.83. The highest BCUT2D eigenvalue weighted by atomic mass is 16.3. The van der Waals surface area contributed by atoms with Gasteiger partial charge in [-0.3, -0.25) is 4.79 Å². The first kappa shape index (κ1) is 15.4. The Morgan fingerprint density at radius 3 is 2.61 bits per heavy atom. The molecule has 1 saturated carbocycles. The van der Waals surface area contributed by atoms with Crippen LogP contribution in [0.2, 0.25) is 0 Å². The van der Waals surface area contributed by atoms with Crippen LogP contribution >= 0.6 is 0 Å². The molecule has 0 saturated heterocycles. The maximum Gasteiger partial charge on any atom is 0.224 e. The largest absolute Gasteiger partial charge is 0.395 e. The maximum absolute atomic E-state index is 12.3. The quantitative estimate of drug-likeness (QED) is 0.728. The molecule has 0 aromatic rings. The molecule has 0 radical (unpaired) electrons. The van der Waals surface area contributed by atoms with Crippen molar-refractivity contribution in [2.24, 2.45) is 5.73 Å². The van der Waals surface area contributed by atoms with Crippen molar-refractivity contribution in [3.8, 4) is 0 Å². The predicted octanol–water partition coefficient (Wildman–Crippen LogP) is 1.66. The fourth-order valence-corrected chi connectivity index (χ4v) is 2.83. The Kier molecular flexibility index (Phi) is 7.28. The van der Waals surface area contributed by atoms with E-state index in [1.54, 1.807) is 0 Å². The Bertz CT molecular complexity index is 240. The van der Waals surface area contributed by atoms with Gasteiger partial charge in [0, 0.05) is 25.0 Å². The van der Waals surface area contributed by atoms with E-state index in [-0.39, 0.29) is 18.6 Å². The second kappa shape index (κ2) is 8.48. The molecule has 1 rings (SSSR count). The summed E-state index contributed by atoms with van der Waals surface area (Å²) in [7, 11) is 0. The smallest absolute Gasteiger partial charge is 0.224 e. The summed E-state index contributed by atoms with van der Waals surface area (Å²) in [6, 6.07) is 0.291. The van der Waals surface area contributed by atoms with Crippen molar-refractivity contribution in [1.29, 1.82) is 0 Å². The number of nitrogens with zero attached hydrogens (tertiary/aromatic N) is 1. The molecule has 1 aliphatic carbocycles. The van der Waals surface area contributed by atoms with Crippen LogP contribution in [-0.4, -0.2) is 41.1 Å². The molecular weight excluding hydrogens is 228 g/mol. The van der Waals surface area contributed by atoms with Crippen molar-refractivity contribution < 1.29 is 9.90 Å². The van der Waals surface area contributed by atoms with Crippen molar-refractivity contribution >= 4 is 5.91 Å². The van der Waals surface area contributed by atoms with Crippen molar-refractivity contribution in [2.75, 3.05) is 13.2 Å². The second-order valence-electron chi connectivity index (χ2n) is 5.36. The Morgan fingerprint density at radius 2 is 2.06 bits per heavy atom. The molecule has 1 fully saturated rings. The number of amides is 1. The highest BCUT2D eigenvalue weighted by molar-refractivity contribution is 5.77. The number of hydrogen-bond donors (Lipinski definition) is 2. The Hall–Kier alpha value is -0.610. The van der Waals surface area contributed by atoms with E-state index < -0.39 is 0 Å². The van der Waals surface area contributed by atoms with E-state index in [2.05, 4.69) is 6.92 Å². The summed E-state index contributed by atoms with van der Waals surface area (Å²) in [6.07, 6.45) is 8.14. The third-order valence-electron chi connectivity index (χ3n) is 3.77. The average Bonchev–Trinajstić information content (AvgIpc) is 2.37. The van der Waals surface area contributed by atoms with Gasteiger partial charge in [0.05, 0.1) is 6.61 Å². The van der Waals surface area contributed by atoms with Crippen LogP contribution in [0, 0.1) is 0 Å². The van der Waals surface area contributed by atoms with Crippen LogP contribution in [0.25, 0.3) is 0 Å². The predicted molar refractivity (Wildman–Crippen MR) is 73.2 cm³/mol. The van der Waals surface area contributed by atoms with Gasteiger partial charge in [0.2, 0.25) is 5.91 Å². The van der Waals surface area contributed by atoms with Crippen LogP contribution in [0.5, 0.6) is 0 Å². The van der Waals surface area contributed by atoms with Gasteiger partial charge in [-0.1, -0.05) is 32.6 Å². The maximum atomic E-state index is 12.3. The van der Waals surface area contributed by atoms with Crippen LogP contribution in [0.3, 0.4) is 0 Å². The molecule has 1 atom stereocenters. The number of carbonyl (C=O) groups excluding carboxylic acids is 1. The average molecular weight is 256 g/mol. The van der Waals surface area contributed by atoms with Crippen LogP contribution < -0.4 is 5.73 Å². The number of rotatable bonds is 7. The third-order valence-corrected chi connectivity index (χ3v) is 3.77. The summed E-state index contributed by atoms with van der Waals surface area (Å²) < 4.78 is 0. The molecule has 0 heterocycles. The zero-order chi connectivity index (χ0) is 13.4. The Balaban J connectivity index is 2.50. The zero-order valence-electron chi connectivity index (χ0n) is 11.6. The van der Waals surface area contributed by atoms with Gasteiger partial charge in [-0.2, -0.15) is 0 Å². The molecule has 1 amide bonds. The molecule has 4 heteroatoms. The van der Waals surface area contributed by atoms with Crippen molar-refractivity contribution in [3.63, 3.8) is 0 Å². The van der Waals surface area contributed by atoms with E-state index in [9.17, 15) is 4.79 Å². The van der Waals surface area contributed by atoms with Crippen molar-refractivity contribution in [1.82, 2.24) is 4.90 Å². The highest BCUT2D eigenvalue weighted by Crippen LogP contribution is 2.23. The molecular formula is C14H28N2O2. The number of hydrogen-bond acceptors (Lipinski definition) is 3. The summed E-state index contributed by atoms with van der Waals surface area (Å²) in [5.41, 5.74) is 5.94.